The van der Waals surface area contributed by atoms with E-state index >= 15 is 0 Å². The van der Waals surface area contributed by atoms with Gasteiger partial charge >= 0.3 is 0 Å². The minimum Gasteiger partial charge on any atom is -0.271 e. The van der Waals surface area contributed by atoms with Crippen molar-refractivity contribution < 1.29 is 8.78 Å². The normalized spacial score (nSPS) is 12.4. The van der Waals surface area contributed by atoms with Crippen molar-refractivity contribution in [3.05, 3.63) is 68.7 Å². The summed E-state index contributed by atoms with van der Waals surface area (Å²) in [6, 6.07) is 8.71. The summed E-state index contributed by atoms with van der Waals surface area (Å²) in [7, 11) is 0. The Balaban J connectivity index is 2.37. The van der Waals surface area contributed by atoms with Crippen molar-refractivity contribution in [3.8, 4) is 0 Å². The Morgan fingerprint density at radius 1 is 1.20 bits per heavy atom. The van der Waals surface area contributed by atoms with Crippen LogP contribution in [0.3, 0.4) is 0 Å². The number of hydrogen-bond donors (Lipinski definition) is 2. The first-order valence-corrected chi connectivity index (χ1v) is 7.04. The molecule has 2 rings (SSSR count). The number of hydrazine groups is 1. The molecular formula is C14H12BrClF2N2. The molecule has 2 aromatic carbocycles. The molecule has 0 saturated heterocycles. The van der Waals surface area contributed by atoms with Crippen LogP contribution in [0.25, 0.3) is 0 Å². The molecule has 2 nitrogen and oxygen atoms in total. The van der Waals surface area contributed by atoms with Crippen molar-refractivity contribution in [1.29, 1.82) is 0 Å². The van der Waals surface area contributed by atoms with Gasteiger partial charge in [-0.15, -0.1) is 0 Å². The van der Waals surface area contributed by atoms with Crippen molar-refractivity contribution in [1.82, 2.24) is 5.43 Å². The molecule has 2 aromatic rings. The molecule has 0 fully saturated rings. The number of nitrogens with two attached hydrogens (primary N) is 1. The van der Waals surface area contributed by atoms with Crippen LogP contribution in [-0.2, 0) is 6.42 Å². The van der Waals surface area contributed by atoms with Gasteiger partial charge in [0.05, 0.1) is 10.5 Å². The number of hydrogen-bond acceptors (Lipinski definition) is 2. The number of benzene rings is 2. The maximum absolute atomic E-state index is 14.1. The largest absolute Gasteiger partial charge is 0.271 e. The van der Waals surface area contributed by atoms with Gasteiger partial charge in [-0.25, -0.2) is 8.78 Å². The molecule has 0 amide bonds. The summed E-state index contributed by atoms with van der Waals surface area (Å²) in [6.07, 6.45) is 0.148. The fourth-order valence-electron chi connectivity index (χ4n) is 1.98. The van der Waals surface area contributed by atoms with Gasteiger partial charge < -0.3 is 0 Å². The Labute approximate surface area is 129 Å². The molecule has 106 valence electrons. The molecular weight excluding hydrogens is 350 g/mol. The standard InChI is InChI=1S/C14H12BrClF2N2/c15-10-4-1-3-8(14(10)18)13(20-19)7-9-11(16)5-2-6-12(9)17/h1-6,13,20H,7,19H2. The molecule has 6 heteroatoms. The summed E-state index contributed by atoms with van der Waals surface area (Å²) >= 11 is 9.09. The summed E-state index contributed by atoms with van der Waals surface area (Å²) in [6.45, 7) is 0. The van der Waals surface area contributed by atoms with E-state index in [1.165, 1.54) is 12.1 Å². The van der Waals surface area contributed by atoms with Crippen molar-refractivity contribution in [2.24, 2.45) is 5.84 Å². The molecule has 0 aliphatic carbocycles. The topological polar surface area (TPSA) is 38.0 Å². The second-order valence-electron chi connectivity index (χ2n) is 4.27. The zero-order valence-electron chi connectivity index (χ0n) is 10.3. The van der Waals surface area contributed by atoms with E-state index in [4.69, 9.17) is 17.4 Å². The van der Waals surface area contributed by atoms with Crippen LogP contribution in [-0.4, -0.2) is 0 Å². The molecule has 0 aromatic heterocycles. The maximum Gasteiger partial charge on any atom is 0.142 e. The Hall–Kier alpha value is -1.01. The third-order valence-electron chi connectivity index (χ3n) is 3.03. The van der Waals surface area contributed by atoms with Crippen LogP contribution in [0.15, 0.2) is 40.9 Å². The van der Waals surface area contributed by atoms with Crippen LogP contribution in [0.1, 0.15) is 17.2 Å². The molecule has 1 unspecified atom stereocenters. The third-order valence-corrected chi connectivity index (χ3v) is 3.99. The molecule has 20 heavy (non-hydrogen) atoms. The first kappa shape index (κ1) is 15.4. The van der Waals surface area contributed by atoms with E-state index < -0.39 is 17.7 Å². The smallest absolute Gasteiger partial charge is 0.142 e. The molecule has 0 saturated carbocycles. The van der Waals surface area contributed by atoms with Crippen molar-refractivity contribution in [3.63, 3.8) is 0 Å². The Bertz CT molecular complexity index is 602. The molecule has 0 bridgehead atoms. The van der Waals surface area contributed by atoms with Crippen LogP contribution in [0.4, 0.5) is 8.78 Å². The van der Waals surface area contributed by atoms with Crippen LogP contribution in [0.5, 0.6) is 0 Å². The lowest BCUT2D eigenvalue weighted by Gasteiger charge is -2.18. The second kappa shape index (κ2) is 6.63. The third kappa shape index (κ3) is 3.17. The fourth-order valence-corrected chi connectivity index (χ4v) is 2.60. The highest BCUT2D eigenvalue weighted by atomic mass is 79.9. The summed E-state index contributed by atoms with van der Waals surface area (Å²) in [5, 5.41) is 0.292. The highest BCUT2D eigenvalue weighted by molar-refractivity contribution is 9.10. The molecule has 0 aliphatic heterocycles. The lowest BCUT2D eigenvalue weighted by molar-refractivity contribution is 0.497. The zero-order valence-corrected chi connectivity index (χ0v) is 12.7. The van der Waals surface area contributed by atoms with Crippen LogP contribution in [0.2, 0.25) is 5.02 Å². The molecule has 0 spiro atoms. The molecule has 3 N–H and O–H groups in total. The second-order valence-corrected chi connectivity index (χ2v) is 5.53. The Kier molecular flexibility index (Phi) is 5.10. The van der Waals surface area contributed by atoms with Gasteiger partial charge in [-0.3, -0.25) is 11.3 Å². The van der Waals surface area contributed by atoms with E-state index in [0.717, 1.165) is 0 Å². The summed E-state index contributed by atoms with van der Waals surface area (Å²) in [5.41, 5.74) is 3.15. The minimum atomic E-state index is -0.582. The van der Waals surface area contributed by atoms with E-state index in [0.29, 0.717) is 20.6 Å². The van der Waals surface area contributed by atoms with Gasteiger partial charge in [-0.2, -0.15) is 0 Å². The zero-order chi connectivity index (χ0) is 14.7. The van der Waals surface area contributed by atoms with E-state index in [9.17, 15) is 8.78 Å². The quantitative estimate of drug-likeness (QED) is 0.635. The monoisotopic (exact) mass is 360 g/mol. The minimum absolute atomic E-state index is 0.148. The Morgan fingerprint density at radius 2 is 1.90 bits per heavy atom. The molecule has 0 heterocycles. The van der Waals surface area contributed by atoms with Gasteiger partial charge in [0, 0.05) is 16.1 Å². The molecule has 0 aliphatic rings. The van der Waals surface area contributed by atoms with E-state index in [2.05, 4.69) is 21.4 Å². The first-order valence-electron chi connectivity index (χ1n) is 5.87. The number of rotatable bonds is 4. The van der Waals surface area contributed by atoms with E-state index in [-0.39, 0.29) is 6.42 Å². The van der Waals surface area contributed by atoms with Crippen molar-refractivity contribution >= 4 is 27.5 Å². The SMILES string of the molecule is NNC(Cc1c(F)cccc1Cl)c1cccc(Br)c1F. The van der Waals surface area contributed by atoms with E-state index in [1.807, 2.05) is 0 Å². The highest BCUT2D eigenvalue weighted by Crippen LogP contribution is 2.29. The van der Waals surface area contributed by atoms with Gasteiger partial charge in [0.15, 0.2) is 0 Å². The summed E-state index contributed by atoms with van der Waals surface area (Å²) in [4.78, 5) is 0. The molecule has 1 atom stereocenters. The first-order chi connectivity index (χ1) is 9.54. The lowest BCUT2D eigenvalue weighted by atomic mass is 9.98. The highest BCUT2D eigenvalue weighted by Gasteiger charge is 2.19. The summed E-state index contributed by atoms with van der Waals surface area (Å²) in [5.74, 6) is 4.61. The van der Waals surface area contributed by atoms with E-state index in [1.54, 1.807) is 24.3 Å². The predicted octanol–water partition coefficient (Wildman–Crippen LogP) is 4.13. The van der Waals surface area contributed by atoms with Crippen molar-refractivity contribution in [2.75, 3.05) is 0 Å². The van der Waals surface area contributed by atoms with Gasteiger partial charge in [-0.1, -0.05) is 29.8 Å². The predicted molar refractivity (Wildman–Crippen MR) is 79.3 cm³/mol. The Morgan fingerprint density at radius 3 is 2.55 bits per heavy atom. The number of halogens is 4. The lowest BCUT2D eigenvalue weighted by Crippen LogP contribution is -2.30. The van der Waals surface area contributed by atoms with Gasteiger partial charge in [0.2, 0.25) is 0 Å². The fraction of sp³-hybridized carbons (Fsp3) is 0.143. The van der Waals surface area contributed by atoms with Crippen LogP contribution < -0.4 is 11.3 Å². The molecule has 0 radical (unpaired) electrons. The average Bonchev–Trinajstić information content (AvgIpc) is 2.42. The van der Waals surface area contributed by atoms with Crippen LogP contribution >= 0.6 is 27.5 Å². The van der Waals surface area contributed by atoms with Gasteiger partial charge in [0.1, 0.15) is 11.6 Å². The van der Waals surface area contributed by atoms with Crippen molar-refractivity contribution in [2.45, 2.75) is 12.5 Å². The van der Waals surface area contributed by atoms with Gasteiger partial charge in [-0.05, 0) is 40.5 Å². The number of nitrogens with one attached hydrogen (secondary N) is 1. The van der Waals surface area contributed by atoms with Crippen LogP contribution in [0, 0.1) is 11.6 Å². The summed E-state index contributed by atoms with van der Waals surface area (Å²) < 4.78 is 28.2. The van der Waals surface area contributed by atoms with Gasteiger partial charge in [0.25, 0.3) is 0 Å². The average molecular weight is 362 g/mol. The maximum atomic E-state index is 14.1.